The van der Waals surface area contributed by atoms with Crippen LogP contribution < -0.4 is 10.6 Å². The Balaban J connectivity index is 1.91. The lowest BCUT2D eigenvalue weighted by Crippen LogP contribution is -2.51. The summed E-state index contributed by atoms with van der Waals surface area (Å²) in [5.74, 6) is 0.365. The highest BCUT2D eigenvalue weighted by Gasteiger charge is 2.27. The highest BCUT2D eigenvalue weighted by molar-refractivity contribution is 5.93. The van der Waals surface area contributed by atoms with Gasteiger partial charge in [-0.3, -0.25) is 15.0 Å². The Bertz CT molecular complexity index is 432. The van der Waals surface area contributed by atoms with Crippen LogP contribution in [0, 0.1) is 6.92 Å². The van der Waals surface area contributed by atoms with E-state index in [4.69, 9.17) is 4.52 Å². The number of aromatic nitrogens is 1. The van der Waals surface area contributed by atoms with E-state index in [2.05, 4.69) is 20.7 Å². The lowest BCUT2D eigenvalue weighted by atomic mass is 10.0. The number of rotatable bonds is 4. The van der Waals surface area contributed by atoms with Gasteiger partial charge in [-0.15, -0.1) is 0 Å². The van der Waals surface area contributed by atoms with Gasteiger partial charge < -0.3 is 9.84 Å². The van der Waals surface area contributed by atoms with Crippen molar-refractivity contribution in [3.05, 3.63) is 11.8 Å². The van der Waals surface area contributed by atoms with E-state index in [9.17, 15) is 4.79 Å². The van der Waals surface area contributed by atoms with Crippen LogP contribution in [0.3, 0.4) is 0 Å². The summed E-state index contributed by atoms with van der Waals surface area (Å²) in [4.78, 5) is 14.4. The summed E-state index contributed by atoms with van der Waals surface area (Å²) in [7, 11) is 1.97. The Morgan fingerprint density at radius 1 is 1.63 bits per heavy atom. The summed E-state index contributed by atoms with van der Waals surface area (Å²) in [6.07, 6.45) is 2.28. The number of anilines is 1. The van der Waals surface area contributed by atoms with Gasteiger partial charge in [0.2, 0.25) is 11.8 Å². The minimum Gasteiger partial charge on any atom is -0.338 e. The van der Waals surface area contributed by atoms with E-state index in [0.29, 0.717) is 11.9 Å². The molecule has 106 valence electrons. The zero-order chi connectivity index (χ0) is 13.8. The van der Waals surface area contributed by atoms with Crippen molar-refractivity contribution in [2.45, 2.75) is 38.8 Å². The van der Waals surface area contributed by atoms with Crippen LogP contribution in [0.4, 0.5) is 5.88 Å². The van der Waals surface area contributed by atoms with Crippen molar-refractivity contribution < 1.29 is 9.32 Å². The summed E-state index contributed by atoms with van der Waals surface area (Å²) in [5.41, 5.74) is 0.760. The van der Waals surface area contributed by atoms with Gasteiger partial charge in [0, 0.05) is 18.7 Å². The fraction of sp³-hybridized carbons (Fsp3) is 0.692. The standard InChI is InChI=1S/C13H22N4O2/c1-9-7-12(19-16-9)15-13(18)10(2)17-6-4-5-11(8-17)14-3/h7,10-11,14H,4-6,8H2,1-3H3,(H,15,18). The third-order valence-electron chi connectivity index (χ3n) is 3.66. The molecule has 19 heavy (non-hydrogen) atoms. The van der Waals surface area contributed by atoms with Gasteiger partial charge in [0.15, 0.2) is 0 Å². The third kappa shape index (κ3) is 3.54. The Hall–Kier alpha value is -1.40. The molecule has 1 aromatic heterocycles. The van der Waals surface area contributed by atoms with Crippen LogP contribution in [-0.2, 0) is 4.79 Å². The summed E-state index contributed by atoms with van der Waals surface area (Å²) < 4.78 is 5.00. The lowest BCUT2D eigenvalue weighted by Gasteiger charge is -2.35. The molecule has 2 N–H and O–H groups in total. The van der Waals surface area contributed by atoms with Crippen molar-refractivity contribution >= 4 is 11.8 Å². The molecule has 1 aromatic rings. The zero-order valence-electron chi connectivity index (χ0n) is 11.8. The summed E-state index contributed by atoms with van der Waals surface area (Å²) >= 11 is 0. The molecular weight excluding hydrogens is 244 g/mol. The SMILES string of the molecule is CNC1CCCN(C(C)C(=O)Nc2cc(C)no2)C1. The van der Waals surface area contributed by atoms with Gasteiger partial charge in [-0.1, -0.05) is 5.16 Å². The Labute approximate surface area is 113 Å². The number of carbonyl (C=O) groups excluding carboxylic acids is 1. The van der Waals surface area contributed by atoms with Gasteiger partial charge in [-0.25, -0.2) is 0 Å². The quantitative estimate of drug-likeness (QED) is 0.850. The Morgan fingerprint density at radius 3 is 3.05 bits per heavy atom. The van der Waals surface area contributed by atoms with E-state index in [1.165, 1.54) is 6.42 Å². The second-order valence-corrected chi connectivity index (χ2v) is 5.12. The van der Waals surface area contributed by atoms with E-state index < -0.39 is 0 Å². The van der Waals surface area contributed by atoms with Crippen LogP contribution in [0.1, 0.15) is 25.5 Å². The second-order valence-electron chi connectivity index (χ2n) is 5.12. The van der Waals surface area contributed by atoms with Crippen LogP contribution in [-0.4, -0.2) is 48.2 Å². The molecule has 0 bridgehead atoms. The average Bonchev–Trinajstić information content (AvgIpc) is 2.83. The molecule has 0 aliphatic carbocycles. The van der Waals surface area contributed by atoms with Crippen molar-refractivity contribution in [1.82, 2.24) is 15.4 Å². The van der Waals surface area contributed by atoms with E-state index in [1.54, 1.807) is 6.07 Å². The summed E-state index contributed by atoms with van der Waals surface area (Å²) in [6.45, 7) is 5.62. The molecule has 2 rings (SSSR count). The molecule has 1 aliphatic heterocycles. The molecule has 6 heteroatoms. The van der Waals surface area contributed by atoms with Gasteiger partial charge in [-0.2, -0.15) is 0 Å². The van der Waals surface area contributed by atoms with Gasteiger partial charge >= 0.3 is 0 Å². The van der Waals surface area contributed by atoms with Gasteiger partial charge in [-0.05, 0) is 40.3 Å². The lowest BCUT2D eigenvalue weighted by molar-refractivity contribution is -0.121. The normalized spacial score (nSPS) is 22.2. The minimum atomic E-state index is -0.165. The van der Waals surface area contributed by atoms with Crippen LogP contribution in [0.2, 0.25) is 0 Å². The number of aryl methyl sites for hydroxylation is 1. The molecule has 2 heterocycles. The predicted octanol–water partition coefficient (Wildman–Crippen LogP) is 0.994. The molecule has 0 radical (unpaired) electrons. The largest absolute Gasteiger partial charge is 0.338 e. The molecule has 0 spiro atoms. The average molecular weight is 266 g/mol. The molecule has 2 unspecified atom stereocenters. The summed E-state index contributed by atoms with van der Waals surface area (Å²) in [6, 6.07) is 2.02. The topological polar surface area (TPSA) is 70.4 Å². The molecule has 1 amide bonds. The first kappa shape index (κ1) is 14.0. The van der Waals surface area contributed by atoms with Gasteiger partial charge in [0.25, 0.3) is 0 Å². The van der Waals surface area contributed by atoms with E-state index >= 15 is 0 Å². The first-order chi connectivity index (χ1) is 9.10. The van der Waals surface area contributed by atoms with Crippen molar-refractivity contribution in [3.63, 3.8) is 0 Å². The number of likely N-dealkylation sites (N-methyl/N-ethyl adjacent to an activating group) is 1. The number of nitrogens with zero attached hydrogens (tertiary/aromatic N) is 2. The monoisotopic (exact) mass is 266 g/mol. The number of piperidine rings is 1. The molecule has 0 saturated carbocycles. The Kier molecular flexibility index (Phi) is 4.55. The van der Waals surface area contributed by atoms with Crippen LogP contribution in [0.5, 0.6) is 0 Å². The third-order valence-corrected chi connectivity index (χ3v) is 3.66. The van der Waals surface area contributed by atoms with E-state index in [0.717, 1.165) is 25.2 Å². The van der Waals surface area contributed by atoms with Crippen LogP contribution in [0.15, 0.2) is 10.6 Å². The van der Waals surface area contributed by atoms with Crippen molar-refractivity contribution in [2.75, 3.05) is 25.5 Å². The molecule has 0 aromatic carbocycles. The number of hydrogen-bond acceptors (Lipinski definition) is 5. The number of carbonyl (C=O) groups is 1. The number of amides is 1. The molecule has 2 atom stereocenters. The molecular formula is C13H22N4O2. The smallest absolute Gasteiger partial charge is 0.243 e. The van der Waals surface area contributed by atoms with E-state index in [-0.39, 0.29) is 11.9 Å². The summed E-state index contributed by atoms with van der Waals surface area (Å²) in [5, 5.41) is 9.79. The highest BCUT2D eigenvalue weighted by Crippen LogP contribution is 2.15. The molecule has 1 saturated heterocycles. The maximum Gasteiger partial charge on any atom is 0.243 e. The fourth-order valence-corrected chi connectivity index (χ4v) is 2.41. The molecule has 1 aliphatic rings. The van der Waals surface area contributed by atoms with E-state index in [1.807, 2.05) is 20.9 Å². The first-order valence-corrected chi connectivity index (χ1v) is 6.75. The van der Waals surface area contributed by atoms with Crippen LogP contribution in [0.25, 0.3) is 0 Å². The maximum atomic E-state index is 12.2. The van der Waals surface area contributed by atoms with Gasteiger partial charge in [0.1, 0.15) is 0 Å². The van der Waals surface area contributed by atoms with Crippen LogP contribution >= 0.6 is 0 Å². The zero-order valence-corrected chi connectivity index (χ0v) is 11.8. The second kappa shape index (κ2) is 6.16. The number of likely N-dealkylation sites (tertiary alicyclic amines) is 1. The maximum absolute atomic E-state index is 12.2. The highest BCUT2D eigenvalue weighted by atomic mass is 16.5. The molecule has 6 nitrogen and oxygen atoms in total. The molecule has 1 fully saturated rings. The first-order valence-electron chi connectivity index (χ1n) is 6.75. The predicted molar refractivity (Wildman–Crippen MR) is 73.0 cm³/mol. The van der Waals surface area contributed by atoms with Gasteiger partial charge in [0.05, 0.1) is 11.7 Å². The fourth-order valence-electron chi connectivity index (χ4n) is 2.41. The van der Waals surface area contributed by atoms with Crippen molar-refractivity contribution in [1.29, 1.82) is 0 Å². The Morgan fingerprint density at radius 2 is 2.42 bits per heavy atom. The number of nitrogens with one attached hydrogen (secondary N) is 2. The van der Waals surface area contributed by atoms with Crippen molar-refractivity contribution in [3.8, 4) is 0 Å². The number of hydrogen-bond donors (Lipinski definition) is 2. The van der Waals surface area contributed by atoms with Crippen molar-refractivity contribution in [2.24, 2.45) is 0 Å². The minimum absolute atomic E-state index is 0.0482.